The van der Waals surface area contributed by atoms with Crippen LogP contribution >= 0.6 is 11.3 Å². The van der Waals surface area contributed by atoms with Gasteiger partial charge in [0.2, 0.25) is 11.7 Å². The molecule has 0 unspecified atom stereocenters. The number of thiazole rings is 1. The highest BCUT2D eigenvalue weighted by molar-refractivity contribution is 7.13. The predicted molar refractivity (Wildman–Crippen MR) is 121 cm³/mol. The lowest BCUT2D eigenvalue weighted by molar-refractivity contribution is -0.117. The van der Waals surface area contributed by atoms with Gasteiger partial charge in [-0.05, 0) is 29.3 Å². The van der Waals surface area contributed by atoms with Crippen LogP contribution in [0.15, 0.2) is 48.0 Å². The predicted octanol–water partition coefficient (Wildman–Crippen LogP) is 3.89. The highest BCUT2D eigenvalue weighted by Gasteiger charge is 2.35. The molecule has 32 heavy (non-hydrogen) atoms. The van der Waals surface area contributed by atoms with Crippen molar-refractivity contribution in [2.75, 3.05) is 26.6 Å². The summed E-state index contributed by atoms with van der Waals surface area (Å²) < 4.78 is 16.4. The molecule has 8 nitrogen and oxygen atoms in total. The molecule has 0 saturated carbocycles. The fourth-order valence-electron chi connectivity index (χ4n) is 3.86. The highest BCUT2D eigenvalue weighted by Crippen LogP contribution is 2.43. The Hall–Kier alpha value is -3.59. The number of nitrogens with one attached hydrogen (secondary N) is 1. The van der Waals surface area contributed by atoms with Gasteiger partial charge in [0.05, 0.1) is 33.8 Å². The summed E-state index contributed by atoms with van der Waals surface area (Å²) in [5.41, 5.74) is 2.27. The van der Waals surface area contributed by atoms with Gasteiger partial charge in [0.15, 0.2) is 16.6 Å². The Morgan fingerprint density at radius 2 is 1.88 bits per heavy atom. The largest absolute Gasteiger partial charge is 0.493 e. The van der Waals surface area contributed by atoms with Gasteiger partial charge in [0, 0.05) is 23.7 Å². The second-order valence-corrected chi connectivity index (χ2v) is 8.05. The fourth-order valence-corrected chi connectivity index (χ4v) is 4.41. The molecular weight excluding hydrogens is 430 g/mol. The van der Waals surface area contributed by atoms with Crippen molar-refractivity contribution in [2.24, 2.45) is 0 Å². The number of amides is 2. The van der Waals surface area contributed by atoms with Gasteiger partial charge in [0.25, 0.3) is 5.91 Å². The van der Waals surface area contributed by atoms with Crippen molar-refractivity contribution in [1.29, 1.82) is 0 Å². The van der Waals surface area contributed by atoms with Crippen LogP contribution < -0.4 is 19.5 Å². The number of anilines is 1. The van der Waals surface area contributed by atoms with Crippen LogP contribution in [0.1, 0.15) is 33.9 Å². The van der Waals surface area contributed by atoms with E-state index in [1.165, 1.54) is 32.7 Å². The standard InChI is InChI=1S/C23H23N3O5S/c1-29-18-10-15(11-19(30-2)21(18)31-3)17(12-20(27)25-23-24-8-9-32-23)26-13-14-6-4-5-7-16(14)22(26)28/h4-11,17H,12-13H2,1-3H3,(H,24,25,27)/t17-/m1/s1. The Balaban J connectivity index is 1.73. The Kier molecular flexibility index (Phi) is 6.27. The van der Waals surface area contributed by atoms with Crippen LogP contribution in [-0.4, -0.2) is 43.0 Å². The summed E-state index contributed by atoms with van der Waals surface area (Å²) in [5.74, 6) is 0.984. The number of carbonyl (C=O) groups is 2. The lowest BCUT2D eigenvalue weighted by Gasteiger charge is -2.29. The van der Waals surface area contributed by atoms with Gasteiger partial charge in [-0.3, -0.25) is 9.59 Å². The highest BCUT2D eigenvalue weighted by atomic mass is 32.1. The van der Waals surface area contributed by atoms with Crippen molar-refractivity contribution in [1.82, 2.24) is 9.88 Å². The molecule has 4 rings (SSSR count). The zero-order valence-electron chi connectivity index (χ0n) is 18.0. The number of fused-ring (bicyclic) bond motifs is 1. The molecule has 1 N–H and O–H groups in total. The lowest BCUT2D eigenvalue weighted by atomic mass is 10.00. The summed E-state index contributed by atoms with van der Waals surface area (Å²) in [6.07, 6.45) is 1.66. The van der Waals surface area contributed by atoms with Crippen molar-refractivity contribution in [2.45, 2.75) is 19.0 Å². The van der Waals surface area contributed by atoms with Gasteiger partial charge in [-0.1, -0.05) is 18.2 Å². The number of aromatic nitrogens is 1. The number of hydrogen-bond acceptors (Lipinski definition) is 7. The van der Waals surface area contributed by atoms with Crippen LogP contribution in [0.3, 0.4) is 0 Å². The minimum absolute atomic E-state index is 0.0396. The fraction of sp³-hybridized carbons (Fsp3) is 0.261. The molecule has 0 aliphatic carbocycles. The quantitative estimate of drug-likeness (QED) is 0.557. The van der Waals surface area contributed by atoms with Gasteiger partial charge >= 0.3 is 0 Å². The third-order valence-corrected chi connectivity index (χ3v) is 6.04. The molecule has 1 atom stereocenters. The summed E-state index contributed by atoms with van der Waals surface area (Å²) in [6.45, 7) is 0.404. The molecule has 0 radical (unpaired) electrons. The van der Waals surface area contributed by atoms with Crippen LogP contribution in [0, 0.1) is 0 Å². The number of ether oxygens (including phenoxy) is 3. The number of benzene rings is 2. The van der Waals surface area contributed by atoms with E-state index < -0.39 is 6.04 Å². The first-order valence-electron chi connectivity index (χ1n) is 9.93. The molecule has 1 aromatic heterocycles. The second-order valence-electron chi connectivity index (χ2n) is 7.15. The lowest BCUT2D eigenvalue weighted by Crippen LogP contribution is -2.32. The summed E-state index contributed by atoms with van der Waals surface area (Å²) >= 11 is 1.33. The molecule has 0 saturated heterocycles. The van der Waals surface area contributed by atoms with Crippen LogP contribution in [0.25, 0.3) is 0 Å². The van der Waals surface area contributed by atoms with Gasteiger partial charge < -0.3 is 24.4 Å². The maximum absolute atomic E-state index is 13.2. The maximum atomic E-state index is 13.2. The number of hydrogen-bond donors (Lipinski definition) is 1. The molecule has 2 heterocycles. The van der Waals surface area contributed by atoms with E-state index in [0.29, 0.717) is 40.1 Å². The van der Waals surface area contributed by atoms with E-state index >= 15 is 0 Å². The normalized spacial score (nSPS) is 13.5. The number of nitrogens with zero attached hydrogens (tertiary/aromatic N) is 2. The SMILES string of the molecule is COc1cc([C@@H](CC(=O)Nc2nccs2)N2Cc3ccccc3C2=O)cc(OC)c1OC. The molecule has 1 aliphatic heterocycles. The molecule has 2 amide bonds. The molecule has 1 aliphatic rings. The molecular formula is C23H23N3O5S. The third kappa shape index (κ3) is 4.11. The van der Waals surface area contributed by atoms with Crippen LogP contribution in [0.5, 0.6) is 17.2 Å². The van der Waals surface area contributed by atoms with Crippen molar-refractivity contribution in [3.63, 3.8) is 0 Å². The average Bonchev–Trinajstić information content (AvgIpc) is 3.44. The molecule has 0 bridgehead atoms. The number of methoxy groups -OCH3 is 3. The average molecular weight is 454 g/mol. The van der Waals surface area contributed by atoms with Crippen molar-refractivity contribution in [3.05, 3.63) is 64.7 Å². The summed E-state index contributed by atoms with van der Waals surface area (Å²) in [7, 11) is 4.59. The minimum Gasteiger partial charge on any atom is -0.493 e. The zero-order chi connectivity index (χ0) is 22.7. The molecule has 0 spiro atoms. The summed E-state index contributed by atoms with van der Waals surface area (Å²) in [4.78, 5) is 31.9. The van der Waals surface area contributed by atoms with E-state index in [1.54, 1.807) is 34.7 Å². The number of carbonyl (C=O) groups excluding carboxylic acids is 2. The van der Waals surface area contributed by atoms with E-state index in [9.17, 15) is 9.59 Å². The van der Waals surface area contributed by atoms with E-state index in [-0.39, 0.29) is 18.2 Å². The summed E-state index contributed by atoms with van der Waals surface area (Å²) in [6, 6.07) is 10.5. The monoisotopic (exact) mass is 453 g/mol. The Morgan fingerprint density at radius 1 is 1.16 bits per heavy atom. The van der Waals surface area contributed by atoms with Gasteiger partial charge in [-0.2, -0.15) is 0 Å². The Bertz CT molecular complexity index is 1110. The molecule has 2 aromatic carbocycles. The molecule has 166 valence electrons. The van der Waals surface area contributed by atoms with Gasteiger partial charge in [-0.15, -0.1) is 11.3 Å². The minimum atomic E-state index is -0.552. The van der Waals surface area contributed by atoms with Crippen LogP contribution in [0.4, 0.5) is 5.13 Å². The molecule has 9 heteroatoms. The third-order valence-electron chi connectivity index (χ3n) is 5.35. The van der Waals surface area contributed by atoms with E-state index in [2.05, 4.69) is 10.3 Å². The first kappa shape index (κ1) is 21.6. The summed E-state index contributed by atoms with van der Waals surface area (Å²) in [5, 5.41) is 5.10. The van der Waals surface area contributed by atoms with Gasteiger partial charge in [-0.25, -0.2) is 4.98 Å². The van der Waals surface area contributed by atoms with Crippen molar-refractivity contribution < 1.29 is 23.8 Å². The maximum Gasteiger partial charge on any atom is 0.255 e. The number of rotatable bonds is 8. The van der Waals surface area contributed by atoms with Gasteiger partial charge in [0.1, 0.15) is 0 Å². The first-order valence-corrected chi connectivity index (χ1v) is 10.8. The zero-order valence-corrected chi connectivity index (χ0v) is 18.8. The van der Waals surface area contributed by atoms with Crippen LogP contribution in [-0.2, 0) is 11.3 Å². The Morgan fingerprint density at radius 3 is 2.47 bits per heavy atom. The van der Waals surface area contributed by atoms with E-state index in [4.69, 9.17) is 14.2 Å². The van der Waals surface area contributed by atoms with E-state index in [1.807, 2.05) is 18.2 Å². The smallest absolute Gasteiger partial charge is 0.255 e. The second kappa shape index (κ2) is 9.27. The Labute approximate surface area is 189 Å². The van der Waals surface area contributed by atoms with E-state index in [0.717, 1.165) is 5.56 Å². The first-order chi connectivity index (χ1) is 15.5. The molecule has 0 fully saturated rings. The topological polar surface area (TPSA) is 90.0 Å². The van der Waals surface area contributed by atoms with Crippen molar-refractivity contribution >= 4 is 28.3 Å². The van der Waals surface area contributed by atoms with Crippen LogP contribution in [0.2, 0.25) is 0 Å². The molecule has 3 aromatic rings. The van der Waals surface area contributed by atoms with Crippen molar-refractivity contribution in [3.8, 4) is 17.2 Å².